The second kappa shape index (κ2) is 11.3. The summed E-state index contributed by atoms with van der Waals surface area (Å²) in [4.78, 5) is 12.6. The van der Waals surface area contributed by atoms with Crippen molar-refractivity contribution in [2.75, 3.05) is 31.8 Å². The van der Waals surface area contributed by atoms with Crippen LogP contribution in [0.15, 0.2) is 75.9 Å². The lowest BCUT2D eigenvalue weighted by Crippen LogP contribution is -2.03. The lowest BCUT2D eigenvalue weighted by molar-refractivity contribution is 0.288. The lowest BCUT2D eigenvalue weighted by atomic mass is 10.1. The molecule has 0 saturated carbocycles. The smallest absolute Gasteiger partial charge is 0.193 e. The summed E-state index contributed by atoms with van der Waals surface area (Å²) in [6, 6.07) is 19.5. The standard InChI is InChI=1S/C28H30N2O5/c1-32-21-9-6-19(7-10-21)26-18-25(31)23-12-11-22(17-27(23)35-26)33-14-4-2-3-5-15-34-28-16-20(29)8-13-24(28)30/h6-13,16-18H,2-5,14-15,29-30H2,1H3. The SMILES string of the molecule is COc1ccc(-c2cc(=O)c3ccc(OCCCCCCOc4cc(N)ccc4N)cc3o2)cc1. The van der Waals surface area contributed by atoms with Crippen LogP contribution in [0.1, 0.15) is 25.7 Å². The third-order valence-electron chi connectivity index (χ3n) is 5.68. The summed E-state index contributed by atoms with van der Waals surface area (Å²) < 4.78 is 22.8. The van der Waals surface area contributed by atoms with Crippen LogP contribution in [-0.4, -0.2) is 20.3 Å². The molecule has 1 aromatic heterocycles. The number of nitrogen functional groups attached to an aromatic ring is 2. The van der Waals surface area contributed by atoms with E-state index in [1.807, 2.05) is 24.3 Å². The van der Waals surface area contributed by atoms with Crippen molar-refractivity contribution < 1.29 is 18.6 Å². The molecule has 0 unspecified atom stereocenters. The van der Waals surface area contributed by atoms with Crippen molar-refractivity contribution in [3.05, 3.63) is 77.0 Å². The van der Waals surface area contributed by atoms with Crippen LogP contribution in [-0.2, 0) is 0 Å². The third kappa shape index (κ3) is 6.26. The molecular formula is C28H30N2O5. The molecule has 1 heterocycles. The average Bonchev–Trinajstić information content (AvgIpc) is 2.87. The molecule has 0 atom stereocenters. The summed E-state index contributed by atoms with van der Waals surface area (Å²) in [5.74, 6) is 2.55. The number of benzene rings is 3. The minimum absolute atomic E-state index is 0.0919. The summed E-state index contributed by atoms with van der Waals surface area (Å²) in [5, 5.41) is 0.524. The molecule has 7 heteroatoms. The lowest BCUT2D eigenvalue weighted by Gasteiger charge is -2.10. The number of methoxy groups -OCH3 is 1. The molecule has 0 saturated heterocycles. The largest absolute Gasteiger partial charge is 0.497 e. The first-order valence-electron chi connectivity index (χ1n) is 11.7. The highest BCUT2D eigenvalue weighted by Crippen LogP contribution is 2.27. The molecular weight excluding hydrogens is 444 g/mol. The Bertz CT molecular complexity index is 1330. The molecule has 0 amide bonds. The number of hydrogen-bond donors (Lipinski definition) is 2. The van der Waals surface area contributed by atoms with Gasteiger partial charge in [0, 0.05) is 29.4 Å². The van der Waals surface area contributed by atoms with Gasteiger partial charge in [0.2, 0.25) is 0 Å². The number of rotatable bonds is 11. The van der Waals surface area contributed by atoms with Crippen LogP contribution in [0, 0.1) is 0 Å². The second-order valence-electron chi connectivity index (χ2n) is 8.27. The topological polar surface area (TPSA) is 110 Å². The monoisotopic (exact) mass is 474 g/mol. The minimum atomic E-state index is -0.0919. The van der Waals surface area contributed by atoms with Crippen molar-refractivity contribution in [1.82, 2.24) is 0 Å². The van der Waals surface area contributed by atoms with Crippen LogP contribution < -0.4 is 31.1 Å². The van der Waals surface area contributed by atoms with Crippen LogP contribution in [0.3, 0.4) is 0 Å². The summed E-state index contributed by atoms with van der Waals surface area (Å²) in [7, 11) is 1.61. The number of nitrogens with two attached hydrogens (primary N) is 2. The molecule has 4 N–H and O–H groups in total. The van der Waals surface area contributed by atoms with Crippen molar-refractivity contribution in [2.45, 2.75) is 25.7 Å². The Morgan fingerprint density at radius 1 is 0.771 bits per heavy atom. The average molecular weight is 475 g/mol. The van der Waals surface area contributed by atoms with Crippen LogP contribution in [0.4, 0.5) is 11.4 Å². The Labute approximate surface area is 204 Å². The van der Waals surface area contributed by atoms with E-state index < -0.39 is 0 Å². The first kappa shape index (κ1) is 24.0. The van der Waals surface area contributed by atoms with E-state index in [1.54, 1.807) is 43.5 Å². The summed E-state index contributed by atoms with van der Waals surface area (Å²) in [5.41, 5.74) is 14.1. The highest BCUT2D eigenvalue weighted by Gasteiger charge is 2.09. The van der Waals surface area contributed by atoms with E-state index in [9.17, 15) is 4.79 Å². The molecule has 3 aromatic carbocycles. The zero-order valence-electron chi connectivity index (χ0n) is 19.8. The van der Waals surface area contributed by atoms with Crippen LogP contribution in [0.25, 0.3) is 22.3 Å². The molecule has 0 aliphatic carbocycles. The van der Waals surface area contributed by atoms with Gasteiger partial charge in [0.25, 0.3) is 0 Å². The molecule has 0 spiro atoms. The number of ether oxygens (including phenoxy) is 3. The van der Waals surface area contributed by atoms with E-state index in [4.69, 9.17) is 30.1 Å². The van der Waals surface area contributed by atoms with Crippen molar-refractivity contribution in [1.29, 1.82) is 0 Å². The number of anilines is 2. The molecule has 0 radical (unpaired) electrons. The number of hydrogen-bond acceptors (Lipinski definition) is 7. The van der Waals surface area contributed by atoms with Gasteiger partial charge in [-0.25, -0.2) is 0 Å². The molecule has 0 fully saturated rings. The van der Waals surface area contributed by atoms with Gasteiger partial charge in [-0.3, -0.25) is 4.79 Å². The fourth-order valence-electron chi connectivity index (χ4n) is 3.73. The van der Waals surface area contributed by atoms with Gasteiger partial charge in [0.05, 0.1) is 31.4 Å². The highest BCUT2D eigenvalue weighted by atomic mass is 16.5. The Hall–Kier alpha value is -4.13. The molecule has 182 valence electrons. The van der Waals surface area contributed by atoms with E-state index in [0.29, 0.717) is 52.8 Å². The van der Waals surface area contributed by atoms with Crippen LogP contribution in [0.5, 0.6) is 17.2 Å². The van der Waals surface area contributed by atoms with Crippen molar-refractivity contribution in [3.8, 4) is 28.6 Å². The van der Waals surface area contributed by atoms with E-state index in [1.165, 1.54) is 6.07 Å². The van der Waals surface area contributed by atoms with E-state index in [2.05, 4.69) is 0 Å². The van der Waals surface area contributed by atoms with Gasteiger partial charge in [0.1, 0.15) is 28.6 Å². The molecule has 7 nitrogen and oxygen atoms in total. The molecule has 0 aliphatic rings. The van der Waals surface area contributed by atoms with Gasteiger partial charge in [-0.05, 0) is 74.2 Å². The summed E-state index contributed by atoms with van der Waals surface area (Å²) >= 11 is 0. The van der Waals surface area contributed by atoms with Crippen LogP contribution >= 0.6 is 0 Å². The number of fused-ring (bicyclic) bond motifs is 1. The van der Waals surface area contributed by atoms with Crippen molar-refractivity contribution in [3.63, 3.8) is 0 Å². The van der Waals surface area contributed by atoms with Gasteiger partial charge in [0.15, 0.2) is 5.43 Å². The predicted octanol–water partition coefficient (Wildman–Crippen LogP) is 5.65. The Kier molecular flexibility index (Phi) is 7.77. The minimum Gasteiger partial charge on any atom is -0.497 e. The van der Waals surface area contributed by atoms with E-state index >= 15 is 0 Å². The van der Waals surface area contributed by atoms with Crippen LogP contribution in [0.2, 0.25) is 0 Å². The van der Waals surface area contributed by atoms with E-state index in [-0.39, 0.29) is 5.43 Å². The predicted molar refractivity (Wildman–Crippen MR) is 139 cm³/mol. The first-order chi connectivity index (χ1) is 17.0. The number of unbranched alkanes of at least 4 members (excludes halogenated alkanes) is 3. The first-order valence-corrected chi connectivity index (χ1v) is 11.7. The Balaban J connectivity index is 1.26. The maximum atomic E-state index is 12.6. The molecule has 0 bridgehead atoms. The van der Waals surface area contributed by atoms with Crippen molar-refractivity contribution >= 4 is 22.3 Å². The van der Waals surface area contributed by atoms with Gasteiger partial charge in [-0.2, -0.15) is 0 Å². The van der Waals surface area contributed by atoms with Gasteiger partial charge in [-0.1, -0.05) is 0 Å². The third-order valence-corrected chi connectivity index (χ3v) is 5.68. The normalized spacial score (nSPS) is 10.9. The fourth-order valence-corrected chi connectivity index (χ4v) is 3.73. The summed E-state index contributed by atoms with van der Waals surface area (Å²) in [6.07, 6.45) is 3.86. The zero-order valence-corrected chi connectivity index (χ0v) is 19.8. The summed E-state index contributed by atoms with van der Waals surface area (Å²) in [6.45, 7) is 1.17. The molecule has 35 heavy (non-hydrogen) atoms. The maximum absolute atomic E-state index is 12.6. The molecule has 0 aliphatic heterocycles. The molecule has 4 aromatic rings. The zero-order chi connectivity index (χ0) is 24.6. The van der Waals surface area contributed by atoms with Gasteiger partial charge < -0.3 is 30.1 Å². The molecule has 4 rings (SSSR count). The quantitative estimate of drug-likeness (QED) is 0.213. The van der Waals surface area contributed by atoms with Gasteiger partial charge in [-0.15, -0.1) is 0 Å². The van der Waals surface area contributed by atoms with E-state index in [0.717, 1.165) is 37.0 Å². The Morgan fingerprint density at radius 2 is 1.49 bits per heavy atom. The Morgan fingerprint density at radius 3 is 2.23 bits per heavy atom. The maximum Gasteiger partial charge on any atom is 0.193 e. The van der Waals surface area contributed by atoms with Crippen molar-refractivity contribution in [2.24, 2.45) is 0 Å². The second-order valence-corrected chi connectivity index (χ2v) is 8.27. The fraction of sp³-hybridized carbons (Fsp3) is 0.250. The highest BCUT2D eigenvalue weighted by molar-refractivity contribution is 5.80. The van der Waals surface area contributed by atoms with Gasteiger partial charge >= 0.3 is 0 Å².